The van der Waals surface area contributed by atoms with Crippen molar-refractivity contribution in [2.24, 2.45) is 0 Å². The summed E-state index contributed by atoms with van der Waals surface area (Å²) in [7, 11) is 0. The van der Waals surface area contributed by atoms with Crippen LogP contribution in [-0.2, 0) is 16.6 Å². The lowest BCUT2D eigenvalue weighted by atomic mass is 9.86. The fraction of sp³-hybridized carbons (Fsp3) is 0.471. The van der Waals surface area contributed by atoms with E-state index in [0.717, 1.165) is 29.2 Å². The normalized spacial score (nSPS) is 11.3. The minimum absolute atomic E-state index is 0.0403. The molecule has 0 bridgehead atoms. The molecule has 5 nitrogen and oxygen atoms in total. The standard InChI is InChI=1S/C17H23N3O2S/c1-5-8-15-19-20-16(23-15)18-14(21)11-22-13-10-7-6-9-12(13)17(2,3)4/h6-7,9-10H,5,8,11H2,1-4H3,(H,18,20,21). The first-order chi connectivity index (χ1) is 10.9. The van der Waals surface area contributed by atoms with Crippen LogP contribution in [0.2, 0.25) is 0 Å². The largest absolute Gasteiger partial charge is 0.483 e. The number of nitrogens with one attached hydrogen (secondary N) is 1. The van der Waals surface area contributed by atoms with Gasteiger partial charge in [0.1, 0.15) is 10.8 Å². The molecule has 0 aliphatic rings. The van der Waals surface area contributed by atoms with Gasteiger partial charge in [-0.1, -0.05) is 57.2 Å². The van der Waals surface area contributed by atoms with Crippen LogP contribution in [0.4, 0.5) is 5.13 Å². The molecule has 124 valence electrons. The molecule has 6 heteroatoms. The highest BCUT2D eigenvalue weighted by Gasteiger charge is 2.19. The molecule has 1 aromatic heterocycles. The van der Waals surface area contributed by atoms with E-state index in [1.807, 2.05) is 24.3 Å². The average molecular weight is 333 g/mol. The molecule has 0 saturated heterocycles. The maximum absolute atomic E-state index is 12.0. The quantitative estimate of drug-likeness (QED) is 0.873. The van der Waals surface area contributed by atoms with E-state index in [9.17, 15) is 4.79 Å². The molecule has 0 fully saturated rings. The highest BCUT2D eigenvalue weighted by Crippen LogP contribution is 2.30. The number of hydrogen-bond donors (Lipinski definition) is 1. The van der Waals surface area contributed by atoms with E-state index in [1.165, 1.54) is 11.3 Å². The third-order valence-corrected chi connectivity index (χ3v) is 4.13. The Kier molecular flexibility index (Phi) is 5.71. The third kappa shape index (κ3) is 5.03. The van der Waals surface area contributed by atoms with E-state index in [-0.39, 0.29) is 17.9 Å². The van der Waals surface area contributed by atoms with Crippen molar-refractivity contribution in [1.82, 2.24) is 10.2 Å². The average Bonchev–Trinajstić information content (AvgIpc) is 2.92. The van der Waals surface area contributed by atoms with Gasteiger partial charge in [0.2, 0.25) is 5.13 Å². The molecular weight excluding hydrogens is 310 g/mol. The molecule has 1 amide bonds. The van der Waals surface area contributed by atoms with Gasteiger partial charge in [-0.3, -0.25) is 10.1 Å². The first kappa shape index (κ1) is 17.4. The fourth-order valence-corrected chi connectivity index (χ4v) is 2.99. The van der Waals surface area contributed by atoms with Crippen molar-refractivity contribution in [2.75, 3.05) is 11.9 Å². The maximum atomic E-state index is 12.0. The fourth-order valence-electron chi connectivity index (χ4n) is 2.13. The van der Waals surface area contributed by atoms with Gasteiger partial charge in [0.15, 0.2) is 6.61 Å². The zero-order chi connectivity index (χ0) is 16.9. The minimum Gasteiger partial charge on any atom is -0.483 e. The Balaban J connectivity index is 1.94. The van der Waals surface area contributed by atoms with Crippen LogP contribution in [0, 0.1) is 0 Å². The highest BCUT2D eigenvalue weighted by molar-refractivity contribution is 7.15. The van der Waals surface area contributed by atoms with Crippen molar-refractivity contribution < 1.29 is 9.53 Å². The number of rotatable bonds is 6. The smallest absolute Gasteiger partial charge is 0.264 e. The lowest BCUT2D eigenvalue weighted by molar-refractivity contribution is -0.118. The number of ether oxygens (including phenoxy) is 1. The van der Waals surface area contributed by atoms with Crippen LogP contribution < -0.4 is 10.1 Å². The summed E-state index contributed by atoms with van der Waals surface area (Å²) in [5.74, 6) is 0.506. The SMILES string of the molecule is CCCc1nnc(NC(=O)COc2ccccc2C(C)(C)C)s1. The van der Waals surface area contributed by atoms with E-state index in [2.05, 4.69) is 43.2 Å². The summed E-state index contributed by atoms with van der Waals surface area (Å²) >= 11 is 1.41. The van der Waals surface area contributed by atoms with Crippen molar-refractivity contribution in [3.8, 4) is 5.75 Å². The summed E-state index contributed by atoms with van der Waals surface area (Å²) in [5.41, 5.74) is 1.04. The zero-order valence-electron chi connectivity index (χ0n) is 14.0. The Morgan fingerprint density at radius 3 is 2.70 bits per heavy atom. The predicted molar refractivity (Wildman–Crippen MR) is 93.2 cm³/mol. The second kappa shape index (κ2) is 7.55. The van der Waals surface area contributed by atoms with Gasteiger partial charge < -0.3 is 4.74 Å². The number of carbonyl (C=O) groups is 1. The second-order valence-electron chi connectivity index (χ2n) is 6.33. The van der Waals surface area contributed by atoms with Crippen LogP contribution in [0.15, 0.2) is 24.3 Å². The van der Waals surface area contributed by atoms with Crippen molar-refractivity contribution in [2.45, 2.75) is 46.0 Å². The third-order valence-electron chi connectivity index (χ3n) is 3.23. The summed E-state index contributed by atoms with van der Waals surface area (Å²) in [4.78, 5) is 12.0. The number of para-hydroxylation sites is 1. The molecule has 1 N–H and O–H groups in total. The van der Waals surface area contributed by atoms with Crippen LogP contribution >= 0.6 is 11.3 Å². The number of carbonyl (C=O) groups excluding carboxylic acids is 1. The van der Waals surface area contributed by atoms with Crippen LogP contribution in [-0.4, -0.2) is 22.7 Å². The van der Waals surface area contributed by atoms with E-state index < -0.39 is 0 Å². The molecule has 2 aromatic rings. The lowest BCUT2D eigenvalue weighted by Gasteiger charge is -2.22. The number of aryl methyl sites for hydroxylation is 1. The van der Waals surface area contributed by atoms with Crippen molar-refractivity contribution in [1.29, 1.82) is 0 Å². The summed E-state index contributed by atoms with van der Waals surface area (Å²) in [6.07, 6.45) is 1.89. The number of amides is 1. The van der Waals surface area contributed by atoms with Gasteiger partial charge in [-0.25, -0.2) is 0 Å². The van der Waals surface area contributed by atoms with Gasteiger partial charge in [0.05, 0.1) is 0 Å². The predicted octanol–water partition coefficient (Wildman–Crippen LogP) is 3.81. The Labute approximate surface area is 141 Å². The van der Waals surface area contributed by atoms with Crippen LogP contribution in [0.1, 0.15) is 44.7 Å². The molecule has 0 aliphatic carbocycles. The van der Waals surface area contributed by atoms with E-state index >= 15 is 0 Å². The number of aromatic nitrogens is 2. The van der Waals surface area contributed by atoms with Gasteiger partial charge in [-0.15, -0.1) is 10.2 Å². The Morgan fingerprint density at radius 2 is 2.00 bits per heavy atom. The topological polar surface area (TPSA) is 64.1 Å². The van der Waals surface area contributed by atoms with E-state index in [0.29, 0.717) is 5.13 Å². The van der Waals surface area contributed by atoms with Gasteiger partial charge in [-0.2, -0.15) is 0 Å². The molecule has 0 atom stereocenters. The molecule has 2 rings (SSSR count). The Bertz CT molecular complexity index is 662. The molecule has 0 spiro atoms. The van der Waals surface area contributed by atoms with Crippen LogP contribution in [0.3, 0.4) is 0 Å². The molecule has 1 heterocycles. The summed E-state index contributed by atoms with van der Waals surface area (Å²) < 4.78 is 5.70. The molecule has 23 heavy (non-hydrogen) atoms. The van der Waals surface area contributed by atoms with Crippen LogP contribution in [0.5, 0.6) is 5.75 Å². The van der Waals surface area contributed by atoms with Crippen molar-refractivity contribution in [3.05, 3.63) is 34.8 Å². The molecule has 0 unspecified atom stereocenters. The molecule has 0 radical (unpaired) electrons. The minimum atomic E-state index is -0.229. The maximum Gasteiger partial charge on any atom is 0.264 e. The first-order valence-corrected chi connectivity index (χ1v) is 8.56. The van der Waals surface area contributed by atoms with Crippen molar-refractivity contribution >= 4 is 22.4 Å². The Morgan fingerprint density at radius 1 is 1.26 bits per heavy atom. The zero-order valence-corrected chi connectivity index (χ0v) is 14.9. The highest BCUT2D eigenvalue weighted by atomic mass is 32.1. The van der Waals surface area contributed by atoms with Gasteiger partial charge in [0.25, 0.3) is 5.91 Å². The number of hydrogen-bond acceptors (Lipinski definition) is 5. The van der Waals surface area contributed by atoms with E-state index in [1.54, 1.807) is 0 Å². The molecule has 0 saturated carbocycles. The van der Waals surface area contributed by atoms with E-state index in [4.69, 9.17) is 4.74 Å². The van der Waals surface area contributed by atoms with Gasteiger partial charge in [-0.05, 0) is 23.5 Å². The lowest BCUT2D eigenvalue weighted by Crippen LogP contribution is -2.21. The number of nitrogens with zero attached hydrogens (tertiary/aromatic N) is 2. The molecule has 0 aliphatic heterocycles. The van der Waals surface area contributed by atoms with Gasteiger partial charge in [0, 0.05) is 6.42 Å². The summed E-state index contributed by atoms with van der Waals surface area (Å²) in [6.45, 7) is 8.39. The Hall–Kier alpha value is -1.95. The summed E-state index contributed by atoms with van der Waals surface area (Å²) in [5, 5.41) is 12.2. The molecular formula is C17H23N3O2S. The summed E-state index contributed by atoms with van der Waals surface area (Å²) in [6, 6.07) is 7.79. The van der Waals surface area contributed by atoms with Crippen molar-refractivity contribution in [3.63, 3.8) is 0 Å². The van der Waals surface area contributed by atoms with Gasteiger partial charge >= 0.3 is 0 Å². The number of benzene rings is 1. The molecule has 1 aromatic carbocycles. The second-order valence-corrected chi connectivity index (χ2v) is 7.40. The monoisotopic (exact) mass is 333 g/mol. The number of anilines is 1. The first-order valence-electron chi connectivity index (χ1n) is 7.74. The van der Waals surface area contributed by atoms with Crippen LogP contribution in [0.25, 0.3) is 0 Å².